The highest BCUT2D eigenvalue weighted by atomic mass is 19.1. The number of hydrogen-bond acceptors (Lipinski definition) is 3. The van der Waals surface area contributed by atoms with E-state index in [0.717, 1.165) is 16.0 Å². The van der Waals surface area contributed by atoms with E-state index in [1.54, 1.807) is 30.3 Å². The summed E-state index contributed by atoms with van der Waals surface area (Å²) in [6, 6.07) is 11.3. The van der Waals surface area contributed by atoms with Crippen molar-refractivity contribution < 1.29 is 18.8 Å². The molecule has 2 aromatic rings. The maximum absolute atomic E-state index is 13.1. The summed E-state index contributed by atoms with van der Waals surface area (Å²) >= 11 is 0. The highest BCUT2D eigenvalue weighted by Crippen LogP contribution is 2.23. The largest absolute Gasteiger partial charge is 0.356 e. The molecule has 3 amide bonds. The van der Waals surface area contributed by atoms with Crippen LogP contribution in [0.1, 0.15) is 38.3 Å². The van der Waals surface area contributed by atoms with Gasteiger partial charge in [-0.25, -0.2) is 4.39 Å². The first-order chi connectivity index (χ1) is 12.5. The Hall–Kier alpha value is -3.02. The molecule has 0 bridgehead atoms. The van der Waals surface area contributed by atoms with Crippen LogP contribution in [0, 0.1) is 12.7 Å². The van der Waals surface area contributed by atoms with E-state index >= 15 is 0 Å². The van der Waals surface area contributed by atoms with E-state index in [9.17, 15) is 18.8 Å². The monoisotopic (exact) mass is 354 g/mol. The predicted molar refractivity (Wildman–Crippen MR) is 94.3 cm³/mol. The summed E-state index contributed by atoms with van der Waals surface area (Å²) in [5.41, 5.74) is 2.47. The van der Waals surface area contributed by atoms with Gasteiger partial charge in [0, 0.05) is 19.5 Å². The molecule has 1 aliphatic heterocycles. The molecule has 0 fully saturated rings. The van der Waals surface area contributed by atoms with Crippen LogP contribution in [-0.2, 0) is 11.2 Å². The second-order valence-electron chi connectivity index (χ2n) is 6.29. The zero-order valence-corrected chi connectivity index (χ0v) is 14.4. The van der Waals surface area contributed by atoms with E-state index < -0.39 is 0 Å². The molecule has 0 saturated carbocycles. The maximum atomic E-state index is 13.1. The van der Waals surface area contributed by atoms with Crippen molar-refractivity contribution >= 4 is 17.7 Å². The molecule has 3 rings (SSSR count). The number of carbonyl (C=O) groups excluding carboxylic acids is 3. The van der Waals surface area contributed by atoms with E-state index in [-0.39, 0.29) is 36.5 Å². The second-order valence-corrected chi connectivity index (χ2v) is 6.29. The first-order valence-corrected chi connectivity index (χ1v) is 8.43. The van der Waals surface area contributed by atoms with Crippen LogP contribution >= 0.6 is 0 Å². The van der Waals surface area contributed by atoms with Gasteiger partial charge in [-0.2, -0.15) is 0 Å². The lowest BCUT2D eigenvalue weighted by Crippen LogP contribution is -2.35. The van der Waals surface area contributed by atoms with Crippen LogP contribution in [0.5, 0.6) is 0 Å². The van der Waals surface area contributed by atoms with Gasteiger partial charge in [0.05, 0.1) is 11.1 Å². The van der Waals surface area contributed by atoms with Crippen molar-refractivity contribution in [2.45, 2.75) is 19.8 Å². The molecule has 0 radical (unpaired) electrons. The summed E-state index contributed by atoms with van der Waals surface area (Å²) in [7, 11) is 0. The average molecular weight is 354 g/mol. The molecule has 0 saturated heterocycles. The number of benzene rings is 2. The second kappa shape index (κ2) is 7.47. The minimum absolute atomic E-state index is 0.0353. The molecule has 26 heavy (non-hydrogen) atoms. The SMILES string of the molecule is Cc1ccc2c(c1)C(=O)N(CCC(=O)NCCc1cccc(F)c1)C2=O. The molecular formula is C20H19FN2O3. The summed E-state index contributed by atoms with van der Waals surface area (Å²) in [5.74, 6) is -1.29. The topological polar surface area (TPSA) is 66.5 Å². The number of imide groups is 1. The molecular weight excluding hydrogens is 335 g/mol. The van der Waals surface area contributed by atoms with Gasteiger partial charge in [0.15, 0.2) is 0 Å². The number of aryl methyl sites for hydroxylation is 1. The Balaban J connectivity index is 1.49. The lowest BCUT2D eigenvalue weighted by molar-refractivity contribution is -0.121. The number of hydrogen-bond donors (Lipinski definition) is 1. The van der Waals surface area contributed by atoms with Crippen LogP contribution in [0.15, 0.2) is 42.5 Å². The van der Waals surface area contributed by atoms with E-state index in [2.05, 4.69) is 5.32 Å². The number of nitrogens with one attached hydrogen (secondary N) is 1. The Labute approximate surface area is 150 Å². The molecule has 0 spiro atoms. The van der Waals surface area contributed by atoms with Crippen molar-refractivity contribution in [3.05, 3.63) is 70.5 Å². The summed E-state index contributed by atoms with van der Waals surface area (Å²) in [4.78, 5) is 37.7. The van der Waals surface area contributed by atoms with Crippen molar-refractivity contribution in [3.8, 4) is 0 Å². The van der Waals surface area contributed by atoms with Crippen LogP contribution < -0.4 is 5.32 Å². The van der Waals surface area contributed by atoms with E-state index in [1.165, 1.54) is 12.1 Å². The van der Waals surface area contributed by atoms with E-state index in [1.807, 2.05) is 6.92 Å². The van der Waals surface area contributed by atoms with Gasteiger partial charge in [-0.3, -0.25) is 19.3 Å². The molecule has 2 aromatic carbocycles. The van der Waals surface area contributed by atoms with Crippen LogP contribution in [0.4, 0.5) is 4.39 Å². The van der Waals surface area contributed by atoms with Crippen molar-refractivity contribution in [1.29, 1.82) is 0 Å². The number of halogens is 1. The fraction of sp³-hybridized carbons (Fsp3) is 0.250. The minimum atomic E-state index is -0.363. The molecule has 1 heterocycles. The van der Waals surface area contributed by atoms with Crippen molar-refractivity contribution in [3.63, 3.8) is 0 Å². The molecule has 0 aromatic heterocycles. The Morgan fingerprint density at radius 3 is 2.62 bits per heavy atom. The van der Waals surface area contributed by atoms with Gasteiger partial charge < -0.3 is 5.32 Å². The molecule has 1 N–H and O–H groups in total. The highest BCUT2D eigenvalue weighted by Gasteiger charge is 2.35. The third-order valence-electron chi connectivity index (χ3n) is 4.31. The maximum Gasteiger partial charge on any atom is 0.261 e. The number of rotatable bonds is 6. The molecule has 6 heteroatoms. The van der Waals surface area contributed by atoms with Gasteiger partial charge in [0.2, 0.25) is 5.91 Å². The van der Waals surface area contributed by atoms with Crippen LogP contribution in [-0.4, -0.2) is 35.7 Å². The minimum Gasteiger partial charge on any atom is -0.356 e. The number of nitrogens with zero attached hydrogens (tertiary/aromatic N) is 1. The zero-order chi connectivity index (χ0) is 18.7. The van der Waals surface area contributed by atoms with Gasteiger partial charge in [-0.05, 0) is 43.2 Å². The predicted octanol–water partition coefficient (Wildman–Crippen LogP) is 2.48. The number of carbonyl (C=O) groups is 3. The first-order valence-electron chi connectivity index (χ1n) is 8.43. The molecule has 0 unspecified atom stereocenters. The average Bonchev–Trinajstić information content (AvgIpc) is 2.83. The molecule has 0 atom stereocenters. The van der Waals surface area contributed by atoms with E-state index in [0.29, 0.717) is 24.1 Å². The van der Waals surface area contributed by atoms with Crippen molar-refractivity contribution in [2.24, 2.45) is 0 Å². The summed E-state index contributed by atoms with van der Waals surface area (Å²) in [5, 5.41) is 2.72. The van der Waals surface area contributed by atoms with Crippen LogP contribution in [0.25, 0.3) is 0 Å². The summed E-state index contributed by atoms with van der Waals surface area (Å²) < 4.78 is 13.1. The van der Waals surface area contributed by atoms with Crippen molar-refractivity contribution in [2.75, 3.05) is 13.1 Å². The Bertz CT molecular complexity index is 879. The molecule has 1 aliphatic rings. The number of fused-ring (bicyclic) bond motifs is 1. The molecule has 5 nitrogen and oxygen atoms in total. The van der Waals surface area contributed by atoms with E-state index in [4.69, 9.17) is 0 Å². The first kappa shape index (κ1) is 17.8. The lowest BCUT2D eigenvalue weighted by Gasteiger charge is -2.13. The van der Waals surface area contributed by atoms with Crippen LogP contribution in [0.2, 0.25) is 0 Å². The lowest BCUT2D eigenvalue weighted by atomic mass is 10.1. The quantitative estimate of drug-likeness (QED) is 0.811. The normalized spacial score (nSPS) is 13.1. The van der Waals surface area contributed by atoms with Gasteiger partial charge in [0.1, 0.15) is 5.82 Å². The van der Waals surface area contributed by atoms with Gasteiger partial charge in [-0.1, -0.05) is 23.8 Å². The summed E-state index contributed by atoms with van der Waals surface area (Å²) in [6.07, 6.45) is 0.545. The van der Waals surface area contributed by atoms with Crippen LogP contribution in [0.3, 0.4) is 0 Å². The van der Waals surface area contributed by atoms with Gasteiger partial charge >= 0.3 is 0 Å². The Morgan fingerprint density at radius 1 is 1.08 bits per heavy atom. The molecule has 134 valence electrons. The Kier molecular flexibility index (Phi) is 5.11. The third kappa shape index (κ3) is 3.79. The fourth-order valence-electron chi connectivity index (χ4n) is 2.95. The zero-order valence-electron chi connectivity index (χ0n) is 14.4. The van der Waals surface area contributed by atoms with Gasteiger partial charge in [-0.15, -0.1) is 0 Å². The Morgan fingerprint density at radius 2 is 1.85 bits per heavy atom. The highest BCUT2D eigenvalue weighted by molar-refractivity contribution is 6.21. The smallest absolute Gasteiger partial charge is 0.261 e. The fourth-order valence-corrected chi connectivity index (χ4v) is 2.95. The molecule has 0 aliphatic carbocycles. The van der Waals surface area contributed by atoms with Gasteiger partial charge in [0.25, 0.3) is 11.8 Å². The van der Waals surface area contributed by atoms with Crippen molar-refractivity contribution in [1.82, 2.24) is 10.2 Å². The number of amides is 3. The standard InChI is InChI=1S/C20H19FN2O3/c1-13-5-6-16-17(11-13)20(26)23(19(16)25)10-8-18(24)22-9-7-14-3-2-4-15(21)12-14/h2-6,11-12H,7-10H2,1H3,(H,22,24). The third-order valence-corrected chi connectivity index (χ3v) is 4.31. The summed E-state index contributed by atoms with van der Waals surface area (Å²) in [6.45, 7) is 2.26.